The fourth-order valence-electron chi connectivity index (χ4n) is 1.08. The van der Waals surface area contributed by atoms with E-state index in [9.17, 15) is 4.79 Å². The van der Waals surface area contributed by atoms with Crippen LogP contribution in [0.15, 0.2) is 0 Å². The van der Waals surface area contributed by atoms with Crippen molar-refractivity contribution in [1.82, 2.24) is 4.67 Å². The summed E-state index contributed by atoms with van der Waals surface area (Å²) >= 11 is 0. The Bertz CT molecular complexity index is 126. The Kier molecular flexibility index (Phi) is 2.07. The second-order valence-electron chi connectivity index (χ2n) is 2.52. The van der Waals surface area contributed by atoms with Gasteiger partial charge in [-0.3, -0.25) is 4.79 Å². The van der Waals surface area contributed by atoms with Crippen LogP contribution in [0.1, 0.15) is 19.8 Å². The average molecular weight is 145 g/mol. The van der Waals surface area contributed by atoms with Crippen molar-refractivity contribution in [1.29, 1.82) is 0 Å². The van der Waals surface area contributed by atoms with Crippen molar-refractivity contribution in [3.8, 4) is 0 Å². The molecule has 0 saturated carbocycles. The van der Waals surface area contributed by atoms with Gasteiger partial charge in [0.2, 0.25) is 5.91 Å². The van der Waals surface area contributed by atoms with E-state index in [1.807, 2.05) is 0 Å². The Morgan fingerprint density at radius 3 is 2.78 bits per heavy atom. The molecule has 0 spiro atoms. The molecule has 1 aliphatic heterocycles. The van der Waals surface area contributed by atoms with E-state index in [1.54, 1.807) is 4.67 Å². The second-order valence-corrected chi connectivity index (χ2v) is 3.15. The zero-order valence-corrected chi connectivity index (χ0v) is 6.79. The van der Waals surface area contributed by atoms with Gasteiger partial charge in [-0.1, -0.05) is 13.3 Å². The van der Waals surface area contributed by atoms with E-state index in [2.05, 4.69) is 16.3 Å². The number of amides is 1. The van der Waals surface area contributed by atoms with Crippen LogP contribution < -0.4 is 0 Å². The molecular formula is C6H12NOP. The first-order chi connectivity index (χ1) is 4.24. The molecule has 1 aliphatic rings. The second kappa shape index (κ2) is 2.66. The molecule has 1 amide bonds. The van der Waals surface area contributed by atoms with Gasteiger partial charge >= 0.3 is 0 Å². The van der Waals surface area contributed by atoms with Gasteiger partial charge in [-0.25, -0.2) is 0 Å². The molecule has 1 heterocycles. The van der Waals surface area contributed by atoms with Crippen LogP contribution in [0.3, 0.4) is 0 Å². The van der Waals surface area contributed by atoms with E-state index in [-0.39, 0.29) is 5.91 Å². The largest absolute Gasteiger partial charge is 0.327 e. The highest BCUT2D eigenvalue weighted by Crippen LogP contribution is 2.22. The van der Waals surface area contributed by atoms with E-state index < -0.39 is 0 Å². The lowest BCUT2D eigenvalue weighted by atomic mass is 10.1. The van der Waals surface area contributed by atoms with Crippen molar-refractivity contribution in [3.63, 3.8) is 0 Å². The van der Waals surface area contributed by atoms with Crippen molar-refractivity contribution in [2.24, 2.45) is 5.92 Å². The molecule has 0 aliphatic carbocycles. The van der Waals surface area contributed by atoms with Crippen LogP contribution in [0.5, 0.6) is 0 Å². The zero-order valence-electron chi connectivity index (χ0n) is 5.63. The predicted octanol–water partition coefficient (Wildman–Crippen LogP) is 1.03. The molecule has 2 nitrogen and oxygen atoms in total. The third kappa shape index (κ3) is 1.42. The molecule has 0 N–H and O–H groups in total. The maximum absolute atomic E-state index is 10.8. The summed E-state index contributed by atoms with van der Waals surface area (Å²) in [6.07, 6.45) is 1.87. The van der Waals surface area contributed by atoms with Crippen LogP contribution >= 0.6 is 9.39 Å². The van der Waals surface area contributed by atoms with Gasteiger partial charge in [0, 0.05) is 13.0 Å². The summed E-state index contributed by atoms with van der Waals surface area (Å²) in [5.41, 5.74) is 0. The number of carbonyl (C=O) groups excluding carboxylic acids is 1. The summed E-state index contributed by atoms with van der Waals surface area (Å²) in [5.74, 6) is 0.877. The summed E-state index contributed by atoms with van der Waals surface area (Å²) in [4.78, 5) is 10.8. The first kappa shape index (κ1) is 7.01. The van der Waals surface area contributed by atoms with E-state index in [0.717, 1.165) is 19.4 Å². The molecule has 1 saturated heterocycles. The normalized spacial score (nSPS) is 27.6. The van der Waals surface area contributed by atoms with Crippen LogP contribution in [0.2, 0.25) is 0 Å². The van der Waals surface area contributed by atoms with Crippen LogP contribution in [0, 0.1) is 5.92 Å². The van der Waals surface area contributed by atoms with Crippen molar-refractivity contribution in [2.75, 3.05) is 6.54 Å². The van der Waals surface area contributed by atoms with Gasteiger partial charge in [0.25, 0.3) is 0 Å². The highest BCUT2D eigenvalue weighted by atomic mass is 31.0. The predicted molar refractivity (Wildman–Crippen MR) is 39.8 cm³/mol. The molecule has 1 fully saturated rings. The quantitative estimate of drug-likeness (QED) is 0.505. The van der Waals surface area contributed by atoms with Gasteiger partial charge in [0.1, 0.15) is 0 Å². The summed E-state index contributed by atoms with van der Waals surface area (Å²) in [6.45, 7) is 3.06. The Labute approximate surface area is 57.9 Å². The van der Waals surface area contributed by atoms with E-state index in [0.29, 0.717) is 5.92 Å². The molecule has 9 heavy (non-hydrogen) atoms. The monoisotopic (exact) mass is 145 g/mol. The Morgan fingerprint density at radius 1 is 1.89 bits per heavy atom. The van der Waals surface area contributed by atoms with Crippen molar-refractivity contribution in [2.45, 2.75) is 19.8 Å². The molecule has 52 valence electrons. The number of rotatable bonds is 1. The van der Waals surface area contributed by atoms with Crippen molar-refractivity contribution < 1.29 is 4.79 Å². The maximum Gasteiger partial charge on any atom is 0.225 e. The number of hydrogen-bond acceptors (Lipinski definition) is 1. The molecule has 0 aromatic carbocycles. The van der Waals surface area contributed by atoms with Crippen molar-refractivity contribution >= 4 is 15.3 Å². The van der Waals surface area contributed by atoms with Gasteiger partial charge in [0.05, 0.1) is 0 Å². The SMILES string of the molecule is CCC1CC(=O)N(P)C1. The minimum absolute atomic E-state index is 0.270. The molecule has 0 bridgehead atoms. The van der Waals surface area contributed by atoms with E-state index >= 15 is 0 Å². The number of carbonyl (C=O) groups is 1. The lowest BCUT2D eigenvalue weighted by Crippen LogP contribution is -2.11. The molecule has 0 aromatic rings. The highest BCUT2D eigenvalue weighted by molar-refractivity contribution is 7.14. The minimum atomic E-state index is 0.270. The molecule has 0 aromatic heterocycles. The lowest BCUT2D eigenvalue weighted by Gasteiger charge is -2.06. The number of nitrogens with zero attached hydrogens (tertiary/aromatic N) is 1. The van der Waals surface area contributed by atoms with Gasteiger partial charge in [-0.05, 0) is 15.3 Å². The topological polar surface area (TPSA) is 20.3 Å². The van der Waals surface area contributed by atoms with E-state index in [4.69, 9.17) is 0 Å². The first-order valence-corrected chi connectivity index (χ1v) is 3.80. The maximum atomic E-state index is 10.8. The fourth-order valence-corrected chi connectivity index (χ4v) is 1.49. The van der Waals surface area contributed by atoms with Crippen molar-refractivity contribution in [3.05, 3.63) is 0 Å². The lowest BCUT2D eigenvalue weighted by molar-refractivity contribution is -0.123. The first-order valence-electron chi connectivity index (χ1n) is 3.29. The summed E-state index contributed by atoms with van der Waals surface area (Å²) in [7, 11) is 2.45. The third-order valence-corrected chi connectivity index (χ3v) is 2.31. The summed E-state index contributed by atoms with van der Waals surface area (Å²) < 4.78 is 1.73. The molecule has 2 atom stereocenters. The fraction of sp³-hybridized carbons (Fsp3) is 0.833. The van der Waals surface area contributed by atoms with Gasteiger partial charge in [-0.15, -0.1) is 0 Å². The minimum Gasteiger partial charge on any atom is -0.327 e. The smallest absolute Gasteiger partial charge is 0.225 e. The molecule has 3 heteroatoms. The Morgan fingerprint density at radius 2 is 2.56 bits per heavy atom. The molecule has 1 rings (SSSR count). The zero-order chi connectivity index (χ0) is 6.85. The average Bonchev–Trinajstić information content (AvgIpc) is 2.13. The van der Waals surface area contributed by atoms with Crippen LogP contribution in [-0.4, -0.2) is 17.1 Å². The Balaban J connectivity index is 2.44. The molecule has 0 radical (unpaired) electrons. The van der Waals surface area contributed by atoms with Gasteiger partial charge in [-0.2, -0.15) is 0 Å². The van der Waals surface area contributed by atoms with Crippen LogP contribution in [0.25, 0.3) is 0 Å². The molecular weight excluding hydrogens is 133 g/mol. The number of hydrogen-bond donors (Lipinski definition) is 0. The van der Waals surface area contributed by atoms with Crippen LogP contribution in [-0.2, 0) is 4.79 Å². The summed E-state index contributed by atoms with van der Waals surface area (Å²) in [5, 5.41) is 0. The van der Waals surface area contributed by atoms with Crippen LogP contribution in [0.4, 0.5) is 0 Å². The van der Waals surface area contributed by atoms with Gasteiger partial charge in [0.15, 0.2) is 0 Å². The third-order valence-electron chi connectivity index (χ3n) is 1.82. The van der Waals surface area contributed by atoms with Gasteiger partial charge < -0.3 is 4.67 Å². The highest BCUT2D eigenvalue weighted by Gasteiger charge is 2.24. The standard InChI is InChI=1S/C6H12NOP/c1-2-5-3-6(8)7(9)4-5/h5H,2-4,9H2,1H3. The van der Waals surface area contributed by atoms with E-state index in [1.165, 1.54) is 0 Å². The molecule has 2 unspecified atom stereocenters. The Hall–Kier alpha value is -0.100. The summed E-state index contributed by atoms with van der Waals surface area (Å²) in [6, 6.07) is 0.